The number of likely N-dealkylation sites (tertiary alicyclic amines) is 1. The van der Waals surface area contributed by atoms with Gasteiger partial charge in [-0.15, -0.1) is 0 Å². The molecule has 2 heterocycles. The monoisotopic (exact) mass is 397 g/mol. The van der Waals surface area contributed by atoms with Crippen LogP contribution in [0.4, 0.5) is 0 Å². The average molecular weight is 397 g/mol. The first-order valence-electron chi connectivity index (χ1n) is 9.97. The normalized spacial score (nSPS) is 25.7. The Kier molecular flexibility index (Phi) is 7.40. The Morgan fingerprint density at radius 1 is 1.25 bits per heavy atom. The number of carboxylic acid groups (broad SMARTS) is 1. The van der Waals surface area contributed by atoms with E-state index < -0.39 is 36.2 Å². The van der Waals surface area contributed by atoms with E-state index in [2.05, 4.69) is 5.32 Å². The first-order valence-corrected chi connectivity index (χ1v) is 9.97. The van der Waals surface area contributed by atoms with Crippen molar-refractivity contribution in [2.24, 2.45) is 5.92 Å². The summed E-state index contributed by atoms with van der Waals surface area (Å²) in [6.45, 7) is 6.57. The lowest BCUT2D eigenvalue weighted by Crippen LogP contribution is -2.55. The minimum Gasteiger partial charge on any atom is -0.480 e. The van der Waals surface area contributed by atoms with E-state index in [1.807, 2.05) is 20.8 Å². The van der Waals surface area contributed by atoms with E-state index >= 15 is 0 Å². The van der Waals surface area contributed by atoms with Crippen molar-refractivity contribution in [3.63, 3.8) is 0 Å². The number of nitrogens with zero attached hydrogens (tertiary/aromatic N) is 2. The number of hydrogen-bond acceptors (Lipinski definition) is 5. The molecule has 3 amide bonds. The van der Waals surface area contributed by atoms with Gasteiger partial charge in [0.2, 0.25) is 5.91 Å². The van der Waals surface area contributed by atoms with Crippen molar-refractivity contribution >= 4 is 23.7 Å². The summed E-state index contributed by atoms with van der Waals surface area (Å²) in [6.07, 6.45) is 0.743. The van der Waals surface area contributed by atoms with Crippen LogP contribution in [-0.4, -0.2) is 83.0 Å². The van der Waals surface area contributed by atoms with Gasteiger partial charge in [0.25, 0.3) is 11.8 Å². The summed E-state index contributed by atoms with van der Waals surface area (Å²) < 4.78 is 5.26. The first-order chi connectivity index (χ1) is 13.2. The van der Waals surface area contributed by atoms with Crippen LogP contribution in [0, 0.1) is 5.92 Å². The van der Waals surface area contributed by atoms with Crippen molar-refractivity contribution in [1.29, 1.82) is 0 Å². The summed E-state index contributed by atoms with van der Waals surface area (Å²) in [5.41, 5.74) is 0. The molecule has 0 radical (unpaired) electrons. The number of ether oxygens (including phenoxy) is 1. The first kappa shape index (κ1) is 22.1. The van der Waals surface area contributed by atoms with Crippen LogP contribution in [0.25, 0.3) is 0 Å². The Morgan fingerprint density at radius 2 is 1.93 bits per heavy atom. The Balaban J connectivity index is 2.10. The van der Waals surface area contributed by atoms with Crippen LogP contribution in [0.5, 0.6) is 0 Å². The van der Waals surface area contributed by atoms with Crippen LogP contribution in [0.3, 0.4) is 0 Å². The lowest BCUT2D eigenvalue weighted by molar-refractivity contribution is -0.153. The average Bonchev–Trinajstić information content (AvgIpc) is 3.31. The van der Waals surface area contributed by atoms with E-state index in [0.29, 0.717) is 32.4 Å². The number of amides is 3. The summed E-state index contributed by atoms with van der Waals surface area (Å²) in [5.74, 6) is -2.31. The summed E-state index contributed by atoms with van der Waals surface area (Å²) in [6, 6.07) is -1.65. The molecule has 2 aliphatic rings. The van der Waals surface area contributed by atoms with Crippen molar-refractivity contribution in [2.45, 2.75) is 70.7 Å². The third-order valence-corrected chi connectivity index (χ3v) is 5.56. The molecule has 2 fully saturated rings. The van der Waals surface area contributed by atoms with E-state index in [1.165, 1.54) is 16.8 Å². The number of carboxylic acids is 1. The van der Waals surface area contributed by atoms with Crippen LogP contribution < -0.4 is 5.32 Å². The highest BCUT2D eigenvalue weighted by atomic mass is 16.6. The molecule has 5 atom stereocenters. The summed E-state index contributed by atoms with van der Waals surface area (Å²) in [4.78, 5) is 52.1. The van der Waals surface area contributed by atoms with E-state index in [0.717, 1.165) is 6.42 Å². The number of carbonyl (C=O) groups excluding carboxylic acids is 3. The molecule has 158 valence electrons. The van der Waals surface area contributed by atoms with Crippen molar-refractivity contribution in [3.8, 4) is 0 Å². The van der Waals surface area contributed by atoms with E-state index in [4.69, 9.17) is 4.74 Å². The number of hydrogen-bond donors (Lipinski definition) is 2. The van der Waals surface area contributed by atoms with Gasteiger partial charge in [-0.3, -0.25) is 14.4 Å². The zero-order valence-corrected chi connectivity index (χ0v) is 17.0. The molecule has 9 heteroatoms. The maximum absolute atomic E-state index is 13.2. The van der Waals surface area contributed by atoms with Gasteiger partial charge in [-0.1, -0.05) is 27.2 Å². The Hall–Kier alpha value is -2.16. The molecule has 28 heavy (non-hydrogen) atoms. The fourth-order valence-corrected chi connectivity index (χ4v) is 3.66. The highest BCUT2D eigenvalue weighted by Crippen LogP contribution is 2.28. The fourth-order valence-electron chi connectivity index (χ4n) is 3.66. The summed E-state index contributed by atoms with van der Waals surface area (Å²) >= 11 is 0. The van der Waals surface area contributed by atoms with E-state index in [1.54, 1.807) is 0 Å². The molecule has 0 bridgehead atoms. The molecule has 2 N–H and O–H groups in total. The number of epoxide rings is 1. The standard InChI is InChI=1S/C19H31N3O6/c1-5-9-20-16(23)14-15(28-14)18(25)21(4)13(11(3)6-2)17(24)22-10-7-8-12(22)19(26)27/h11-15H,5-10H2,1-4H3,(H,20,23)(H,26,27)/t11-,12-,13-,14+,15+/m0/s1. The second kappa shape index (κ2) is 9.36. The Labute approximate surface area is 165 Å². The third-order valence-electron chi connectivity index (χ3n) is 5.56. The lowest BCUT2D eigenvalue weighted by Gasteiger charge is -2.35. The molecule has 0 spiro atoms. The van der Waals surface area contributed by atoms with Gasteiger partial charge in [-0.05, 0) is 25.2 Å². The van der Waals surface area contributed by atoms with Gasteiger partial charge in [-0.2, -0.15) is 0 Å². The molecule has 0 aliphatic carbocycles. The van der Waals surface area contributed by atoms with Crippen molar-refractivity contribution in [3.05, 3.63) is 0 Å². The second-order valence-corrected chi connectivity index (χ2v) is 7.58. The zero-order valence-electron chi connectivity index (χ0n) is 17.0. The molecule has 2 saturated heterocycles. The largest absolute Gasteiger partial charge is 0.480 e. The minimum absolute atomic E-state index is 0.164. The number of rotatable bonds is 9. The molecular weight excluding hydrogens is 366 g/mol. The molecule has 0 unspecified atom stereocenters. The van der Waals surface area contributed by atoms with Crippen LogP contribution in [0.15, 0.2) is 0 Å². The number of carbonyl (C=O) groups is 4. The number of likely N-dealkylation sites (N-methyl/N-ethyl adjacent to an activating group) is 1. The van der Waals surface area contributed by atoms with Gasteiger partial charge in [-0.25, -0.2) is 4.79 Å². The Bertz CT molecular complexity index is 625. The Morgan fingerprint density at radius 3 is 2.50 bits per heavy atom. The van der Waals surface area contributed by atoms with Gasteiger partial charge in [0.1, 0.15) is 12.1 Å². The van der Waals surface area contributed by atoms with Crippen molar-refractivity contribution < 1.29 is 29.0 Å². The quantitative estimate of drug-likeness (QED) is 0.538. The fraction of sp³-hybridized carbons (Fsp3) is 0.789. The van der Waals surface area contributed by atoms with Gasteiger partial charge in [0, 0.05) is 20.1 Å². The minimum atomic E-state index is -1.03. The maximum atomic E-state index is 13.2. The van der Waals surface area contributed by atoms with Gasteiger partial charge in [0.05, 0.1) is 0 Å². The van der Waals surface area contributed by atoms with Crippen molar-refractivity contribution in [1.82, 2.24) is 15.1 Å². The van der Waals surface area contributed by atoms with Gasteiger partial charge < -0.3 is 25.0 Å². The SMILES string of the molecule is CCCNC(=O)[C@@H]1O[C@H]1C(=O)N(C)[C@H](C(=O)N1CCC[C@H]1C(=O)O)[C@@H](C)CC. The van der Waals surface area contributed by atoms with Gasteiger partial charge in [0.15, 0.2) is 12.2 Å². The molecule has 9 nitrogen and oxygen atoms in total. The molecule has 0 aromatic rings. The lowest BCUT2D eigenvalue weighted by atomic mass is 9.95. The number of aliphatic carboxylic acids is 1. The van der Waals surface area contributed by atoms with Crippen LogP contribution in [0.2, 0.25) is 0 Å². The predicted molar refractivity (Wildman–Crippen MR) is 100 cm³/mol. The predicted octanol–water partition coefficient (Wildman–Crippen LogP) is 0.229. The molecule has 2 aliphatic heterocycles. The molecule has 0 aromatic carbocycles. The molecule has 0 saturated carbocycles. The molecule has 0 aromatic heterocycles. The van der Waals surface area contributed by atoms with Crippen LogP contribution >= 0.6 is 0 Å². The van der Waals surface area contributed by atoms with E-state index in [9.17, 15) is 24.3 Å². The maximum Gasteiger partial charge on any atom is 0.326 e. The third kappa shape index (κ3) is 4.63. The second-order valence-electron chi connectivity index (χ2n) is 7.58. The molecule has 2 rings (SSSR count). The van der Waals surface area contributed by atoms with Crippen molar-refractivity contribution in [2.75, 3.05) is 20.1 Å². The van der Waals surface area contributed by atoms with E-state index in [-0.39, 0.29) is 17.7 Å². The smallest absolute Gasteiger partial charge is 0.326 e. The highest BCUT2D eigenvalue weighted by Gasteiger charge is 2.53. The molecular formula is C19H31N3O6. The highest BCUT2D eigenvalue weighted by molar-refractivity contribution is 5.97. The van der Waals surface area contributed by atoms with Gasteiger partial charge >= 0.3 is 5.97 Å². The topological polar surface area (TPSA) is 120 Å². The zero-order chi connectivity index (χ0) is 21.0. The summed E-state index contributed by atoms with van der Waals surface area (Å²) in [7, 11) is 1.52. The van der Waals surface area contributed by atoms with Crippen LogP contribution in [0.1, 0.15) is 46.5 Å². The number of nitrogens with one attached hydrogen (secondary N) is 1. The summed E-state index contributed by atoms with van der Waals surface area (Å²) in [5, 5.41) is 12.1. The van der Waals surface area contributed by atoms with Crippen LogP contribution in [-0.2, 0) is 23.9 Å².